The van der Waals surface area contributed by atoms with Crippen LogP contribution in [0.1, 0.15) is 53.4 Å². The fourth-order valence-electron chi connectivity index (χ4n) is 2.44. The van der Waals surface area contributed by atoms with Gasteiger partial charge in [-0.1, -0.05) is 19.8 Å². The number of ether oxygens (including phenoxy) is 1. The number of carbonyl (C=O) groups is 2. The van der Waals surface area contributed by atoms with Crippen molar-refractivity contribution in [3.63, 3.8) is 0 Å². The highest BCUT2D eigenvalue weighted by Gasteiger charge is 2.41. The Morgan fingerprint density at radius 3 is 2.18 bits per heavy atom. The van der Waals surface area contributed by atoms with Crippen LogP contribution in [0, 0.1) is 17.3 Å². The van der Waals surface area contributed by atoms with Crippen molar-refractivity contribution >= 4 is 11.8 Å². The molecule has 3 heteroatoms. The molecule has 0 N–H and O–H groups in total. The van der Waals surface area contributed by atoms with E-state index in [0.717, 1.165) is 25.7 Å². The summed E-state index contributed by atoms with van der Waals surface area (Å²) in [6.45, 7) is 7.69. The average Bonchev–Trinajstić information content (AvgIpc) is 2.29. The fraction of sp³-hybridized carbons (Fsp3) is 0.857. The van der Waals surface area contributed by atoms with E-state index in [0.29, 0.717) is 12.5 Å². The number of rotatable bonds is 4. The third-order valence-corrected chi connectivity index (χ3v) is 3.79. The van der Waals surface area contributed by atoms with Gasteiger partial charge in [0.1, 0.15) is 5.41 Å². The van der Waals surface area contributed by atoms with E-state index in [4.69, 9.17) is 4.74 Å². The molecule has 1 saturated carbocycles. The molecule has 0 unspecified atom stereocenters. The Bertz CT molecular complexity index is 286. The molecule has 0 aromatic rings. The highest BCUT2D eigenvalue weighted by Crippen LogP contribution is 2.34. The predicted octanol–water partition coefficient (Wildman–Crippen LogP) is 2.97. The van der Waals surface area contributed by atoms with Gasteiger partial charge in [0, 0.05) is 5.92 Å². The van der Waals surface area contributed by atoms with Crippen LogP contribution in [0.15, 0.2) is 0 Å². The largest absolute Gasteiger partial charge is 0.465 e. The number of ketones is 1. The maximum atomic E-state index is 12.3. The van der Waals surface area contributed by atoms with Crippen LogP contribution >= 0.6 is 0 Å². The first-order valence-corrected chi connectivity index (χ1v) is 6.61. The van der Waals surface area contributed by atoms with Crippen molar-refractivity contribution in [1.82, 2.24) is 0 Å². The number of carbonyl (C=O) groups excluding carboxylic acids is 2. The first kappa shape index (κ1) is 14.2. The lowest BCUT2D eigenvalue weighted by Gasteiger charge is -2.30. The quantitative estimate of drug-likeness (QED) is 0.560. The van der Waals surface area contributed by atoms with Gasteiger partial charge < -0.3 is 4.74 Å². The SMILES string of the molecule is CCOC(=O)C(C)(C)C(=O)C1CCC(C)CC1. The summed E-state index contributed by atoms with van der Waals surface area (Å²) in [6.07, 6.45) is 4.02. The zero-order valence-corrected chi connectivity index (χ0v) is 11.4. The van der Waals surface area contributed by atoms with Gasteiger partial charge in [0.15, 0.2) is 5.78 Å². The second-order valence-corrected chi connectivity index (χ2v) is 5.67. The van der Waals surface area contributed by atoms with Crippen LogP contribution in [0.2, 0.25) is 0 Å². The standard InChI is InChI=1S/C14H24O3/c1-5-17-13(16)14(3,4)12(15)11-8-6-10(2)7-9-11/h10-11H,5-9H2,1-4H3. The van der Waals surface area contributed by atoms with E-state index < -0.39 is 5.41 Å². The molecule has 0 aliphatic heterocycles. The number of hydrogen-bond donors (Lipinski definition) is 0. The van der Waals surface area contributed by atoms with Gasteiger partial charge in [-0.3, -0.25) is 9.59 Å². The summed E-state index contributed by atoms with van der Waals surface area (Å²) in [4.78, 5) is 24.1. The third kappa shape index (κ3) is 3.30. The van der Waals surface area contributed by atoms with Crippen molar-refractivity contribution in [2.75, 3.05) is 6.61 Å². The Morgan fingerprint density at radius 2 is 1.71 bits per heavy atom. The lowest BCUT2D eigenvalue weighted by Crippen LogP contribution is -2.40. The summed E-state index contributed by atoms with van der Waals surface area (Å²) >= 11 is 0. The molecule has 17 heavy (non-hydrogen) atoms. The Labute approximate surface area is 104 Å². The molecular weight excluding hydrogens is 216 g/mol. The van der Waals surface area contributed by atoms with Crippen molar-refractivity contribution in [2.24, 2.45) is 17.3 Å². The summed E-state index contributed by atoms with van der Waals surface area (Å²) in [5, 5.41) is 0. The smallest absolute Gasteiger partial charge is 0.319 e. The predicted molar refractivity (Wildman–Crippen MR) is 66.5 cm³/mol. The molecule has 1 aliphatic rings. The van der Waals surface area contributed by atoms with Crippen LogP contribution in [0.4, 0.5) is 0 Å². The van der Waals surface area contributed by atoms with E-state index in [-0.39, 0.29) is 17.7 Å². The molecule has 0 radical (unpaired) electrons. The summed E-state index contributed by atoms with van der Waals surface area (Å²) < 4.78 is 4.98. The Morgan fingerprint density at radius 1 is 1.18 bits per heavy atom. The zero-order chi connectivity index (χ0) is 13.1. The van der Waals surface area contributed by atoms with E-state index >= 15 is 0 Å². The van der Waals surface area contributed by atoms with Crippen molar-refractivity contribution in [3.05, 3.63) is 0 Å². The molecule has 0 aromatic carbocycles. The molecule has 0 saturated heterocycles. The first-order chi connectivity index (χ1) is 7.89. The highest BCUT2D eigenvalue weighted by atomic mass is 16.5. The minimum Gasteiger partial charge on any atom is -0.465 e. The summed E-state index contributed by atoms with van der Waals surface area (Å²) in [6, 6.07) is 0. The molecule has 0 aromatic heterocycles. The molecule has 1 rings (SSSR count). The maximum Gasteiger partial charge on any atom is 0.319 e. The van der Waals surface area contributed by atoms with E-state index in [9.17, 15) is 9.59 Å². The van der Waals surface area contributed by atoms with Gasteiger partial charge in [-0.2, -0.15) is 0 Å². The van der Waals surface area contributed by atoms with Crippen molar-refractivity contribution in [1.29, 1.82) is 0 Å². The molecule has 1 aliphatic carbocycles. The molecule has 0 amide bonds. The van der Waals surface area contributed by atoms with Crippen molar-refractivity contribution in [3.8, 4) is 0 Å². The highest BCUT2D eigenvalue weighted by molar-refractivity contribution is 6.04. The third-order valence-electron chi connectivity index (χ3n) is 3.79. The summed E-state index contributed by atoms with van der Waals surface area (Å²) in [7, 11) is 0. The minimum absolute atomic E-state index is 0.0469. The van der Waals surface area contributed by atoms with Crippen LogP contribution in [-0.2, 0) is 14.3 Å². The van der Waals surface area contributed by atoms with Gasteiger partial charge in [0.2, 0.25) is 0 Å². The fourth-order valence-corrected chi connectivity index (χ4v) is 2.44. The van der Waals surface area contributed by atoms with Gasteiger partial charge in [-0.05, 0) is 39.5 Å². The van der Waals surface area contributed by atoms with E-state index in [2.05, 4.69) is 6.92 Å². The normalized spacial score (nSPS) is 25.4. The summed E-state index contributed by atoms with van der Waals surface area (Å²) in [5.41, 5.74) is -0.985. The van der Waals surface area contributed by atoms with Gasteiger partial charge in [0.05, 0.1) is 6.61 Å². The Hall–Kier alpha value is -0.860. The minimum atomic E-state index is -0.985. The average molecular weight is 240 g/mol. The summed E-state index contributed by atoms with van der Waals surface area (Å²) in [5.74, 6) is 0.432. The van der Waals surface area contributed by atoms with Gasteiger partial charge in [-0.15, -0.1) is 0 Å². The van der Waals surface area contributed by atoms with Crippen molar-refractivity contribution in [2.45, 2.75) is 53.4 Å². The van der Waals surface area contributed by atoms with Crippen LogP contribution < -0.4 is 0 Å². The van der Waals surface area contributed by atoms with Gasteiger partial charge in [-0.25, -0.2) is 0 Å². The Kier molecular flexibility index (Phi) is 4.72. The second kappa shape index (κ2) is 5.65. The molecule has 1 fully saturated rings. The monoisotopic (exact) mass is 240 g/mol. The molecule has 0 heterocycles. The maximum absolute atomic E-state index is 12.3. The molecule has 98 valence electrons. The number of Topliss-reactive ketones (excluding diaryl/α,β-unsaturated/α-hetero) is 1. The van der Waals surface area contributed by atoms with E-state index in [1.54, 1.807) is 20.8 Å². The molecule has 0 bridgehead atoms. The molecule has 0 atom stereocenters. The lowest BCUT2D eigenvalue weighted by molar-refractivity contribution is -0.159. The Balaban J connectivity index is 2.65. The van der Waals surface area contributed by atoms with Crippen molar-refractivity contribution < 1.29 is 14.3 Å². The molecular formula is C14H24O3. The van der Waals surface area contributed by atoms with Crippen LogP contribution in [0.25, 0.3) is 0 Å². The van der Waals surface area contributed by atoms with Gasteiger partial charge in [0.25, 0.3) is 0 Å². The van der Waals surface area contributed by atoms with E-state index in [1.165, 1.54) is 0 Å². The molecule has 3 nitrogen and oxygen atoms in total. The topological polar surface area (TPSA) is 43.4 Å². The zero-order valence-electron chi connectivity index (χ0n) is 11.4. The molecule has 0 spiro atoms. The van der Waals surface area contributed by atoms with Crippen LogP contribution in [-0.4, -0.2) is 18.4 Å². The second-order valence-electron chi connectivity index (χ2n) is 5.67. The number of hydrogen-bond acceptors (Lipinski definition) is 3. The van der Waals surface area contributed by atoms with Crippen LogP contribution in [0.3, 0.4) is 0 Å². The first-order valence-electron chi connectivity index (χ1n) is 6.61. The lowest BCUT2D eigenvalue weighted by atomic mass is 9.73. The van der Waals surface area contributed by atoms with Crippen LogP contribution in [0.5, 0.6) is 0 Å². The van der Waals surface area contributed by atoms with E-state index in [1.807, 2.05) is 0 Å². The van der Waals surface area contributed by atoms with Gasteiger partial charge >= 0.3 is 5.97 Å². The number of esters is 1.